The number of allylic oxidation sites excluding steroid dienone is 9. The van der Waals surface area contributed by atoms with Crippen LogP contribution in [0.1, 0.15) is 92.9 Å². The van der Waals surface area contributed by atoms with Gasteiger partial charge in [0.05, 0.1) is 6.61 Å². The van der Waals surface area contributed by atoms with Crippen LogP contribution in [0, 0.1) is 0 Å². The summed E-state index contributed by atoms with van der Waals surface area (Å²) in [5.41, 5.74) is 6.52. The first-order valence-electron chi connectivity index (χ1n) is 11.7. The standard InChI is InChI=1S/C25H44O7P2/c1-21(2)11-7-12-22(3)13-8-14-23(4)15-9-16-24(5)17-10-18-25(6)19-20-31-34(29,30)32-33(26,27)28/h11,13,15,17,19H,7-10,12,14,16,18,20H2,1-6H3,(H,29,30)(H2,26,27,28)/b22-13+,23-15?,24-17?,25-19?. The molecule has 1 atom stereocenters. The van der Waals surface area contributed by atoms with Crippen LogP contribution in [-0.4, -0.2) is 21.3 Å². The van der Waals surface area contributed by atoms with Gasteiger partial charge < -0.3 is 14.7 Å². The van der Waals surface area contributed by atoms with E-state index in [0.717, 1.165) is 56.9 Å². The lowest BCUT2D eigenvalue weighted by atomic mass is 10.0. The van der Waals surface area contributed by atoms with Crippen LogP contribution in [0.15, 0.2) is 58.2 Å². The molecule has 0 rings (SSSR count). The van der Waals surface area contributed by atoms with Crippen molar-refractivity contribution in [2.24, 2.45) is 0 Å². The van der Waals surface area contributed by atoms with Crippen LogP contribution in [0.4, 0.5) is 0 Å². The zero-order valence-electron chi connectivity index (χ0n) is 21.6. The zero-order valence-corrected chi connectivity index (χ0v) is 23.4. The maximum atomic E-state index is 11.4. The van der Waals surface area contributed by atoms with Gasteiger partial charge in [0.15, 0.2) is 0 Å². The molecule has 0 aliphatic carbocycles. The molecule has 0 aliphatic heterocycles. The van der Waals surface area contributed by atoms with Gasteiger partial charge in [0.1, 0.15) is 0 Å². The fraction of sp³-hybridized carbons (Fsp3) is 0.600. The summed E-state index contributed by atoms with van der Waals surface area (Å²) < 4.78 is 30.3. The molecule has 7 nitrogen and oxygen atoms in total. The molecule has 34 heavy (non-hydrogen) atoms. The minimum atomic E-state index is -5.09. The number of phosphoric ester groups is 1. The van der Waals surface area contributed by atoms with Crippen LogP contribution < -0.4 is 0 Å². The van der Waals surface area contributed by atoms with Crippen LogP contribution >= 0.6 is 15.6 Å². The van der Waals surface area contributed by atoms with Crippen molar-refractivity contribution in [1.82, 2.24) is 0 Å². The third-order valence-corrected chi connectivity index (χ3v) is 7.22. The van der Waals surface area contributed by atoms with Gasteiger partial charge in [-0.2, -0.15) is 4.31 Å². The molecule has 3 N–H and O–H groups in total. The van der Waals surface area contributed by atoms with Crippen molar-refractivity contribution in [3.05, 3.63) is 58.2 Å². The molecular weight excluding hydrogens is 474 g/mol. The summed E-state index contributed by atoms with van der Waals surface area (Å²) in [5, 5.41) is 0. The lowest BCUT2D eigenvalue weighted by molar-refractivity contribution is 0.191. The van der Waals surface area contributed by atoms with Gasteiger partial charge in [-0.15, -0.1) is 0 Å². The van der Waals surface area contributed by atoms with E-state index in [2.05, 4.69) is 67.8 Å². The Hall–Kier alpha value is -1.04. The van der Waals surface area contributed by atoms with Gasteiger partial charge in [0, 0.05) is 0 Å². The van der Waals surface area contributed by atoms with Gasteiger partial charge in [-0.1, -0.05) is 58.2 Å². The maximum Gasteiger partial charge on any atom is 0.481 e. The van der Waals surface area contributed by atoms with Crippen molar-refractivity contribution in [2.45, 2.75) is 92.9 Å². The fourth-order valence-electron chi connectivity index (χ4n) is 3.07. The number of hydrogen-bond acceptors (Lipinski definition) is 4. The summed E-state index contributed by atoms with van der Waals surface area (Å²) in [6.45, 7) is 12.4. The molecule has 0 saturated heterocycles. The fourth-order valence-corrected chi connectivity index (χ4v) is 4.59. The molecule has 0 saturated carbocycles. The summed E-state index contributed by atoms with van der Waals surface area (Å²) in [5.74, 6) is 0. The number of phosphoric acid groups is 2. The van der Waals surface area contributed by atoms with Crippen LogP contribution in [0.25, 0.3) is 0 Å². The molecule has 1 unspecified atom stereocenters. The molecule has 0 spiro atoms. The van der Waals surface area contributed by atoms with Crippen molar-refractivity contribution >= 4 is 15.6 Å². The quantitative estimate of drug-likeness (QED) is 0.132. The van der Waals surface area contributed by atoms with Crippen molar-refractivity contribution < 1.29 is 32.6 Å². The molecule has 0 aromatic rings. The monoisotopic (exact) mass is 518 g/mol. The Balaban J connectivity index is 4.22. The van der Waals surface area contributed by atoms with Crippen molar-refractivity contribution in [1.29, 1.82) is 0 Å². The van der Waals surface area contributed by atoms with Crippen LogP contribution in [-0.2, 0) is 18.0 Å². The van der Waals surface area contributed by atoms with Crippen LogP contribution in [0.3, 0.4) is 0 Å². The first-order valence-corrected chi connectivity index (χ1v) is 14.7. The zero-order chi connectivity index (χ0) is 26.2. The predicted octanol–water partition coefficient (Wildman–Crippen LogP) is 8.08. The SMILES string of the molecule is CC(C)=CCC/C(C)=C/CCC(C)=CCCC(C)=CCCC(C)=CCOP(=O)(O)OP(=O)(O)O. The van der Waals surface area contributed by atoms with E-state index in [-0.39, 0.29) is 6.61 Å². The summed E-state index contributed by atoms with van der Waals surface area (Å²) >= 11 is 0. The Morgan fingerprint density at radius 3 is 1.32 bits per heavy atom. The molecule has 0 radical (unpaired) electrons. The van der Waals surface area contributed by atoms with Gasteiger partial charge in [-0.25, -0.2) is 9.13 Å². The number of hydrogen-bond donors (Lipinski definition) is 3. The average molecular weight is 519 g/mol. The second-order valence-electron chi connectivity index (χ2n) is 8.97. The molecule has 0 bridgehead atoms. The van der Waals surface area contributed by atoms with Crippen molar-refractivity contribution in [2.75, 3.05) is 6.61 Å². The highest BCUT2D eigenvalue weighted by molar-refractivity contribution is 7.60. The van der Waals surface area contributed by atoms with E-state index in [1.54, 1.807) is 6.08 Å². The van der Waals surface area contributed by atoms with Crippen LogP contribution in [0.5, 0.6) is 0 Å². The van der Waals surface area contributed by atoms with E-state index in [9.17, 15) is 14.0 Å². The van der Waals surface area contributed by atoms with Gasteiger partial charge >= 0.3 is 15.6 Å². The second-order valence-corrected chi connectivity index (χ2v) is 11.8. The molecule has 0 aromatic carbocycles. The molecule has 0 aliphatic rings. The molecule has 0 heterocycles. The predicted molar refractivity (Wildman–Crippen MR) is 140 cm³/mol. The normalized spacial score (nSPS) is 15.9. The third kappa shape index (κ3) is 21.5. The largest absolute Gasteiger partial charge is 0.481 e. The summed E-state index contributed by atoms with van der Waals surface area (Å²) in [7, 11) is -9.87. The Bertz CT molecular complexity index is 856. The van der Waals surface area contributed by atoms with Gasteiger partial charge in [0.2, 0.25) is 0 Å². The molecule has 0 fully saturated rings. The Kier molecular flexibility index (Phi) is 16.9. The third-order valence-electron chi connectivity index (χ3n) is 5.06. The molecular formula is C25H44O7P2. The minimum absolute atomic E-state index is 0.267. The Morgan fingerprint density at radius 1 is 0.618 bits per heavy atom. The van der Waals surface area contributed by atoms with E-state index >= 15 is 0 Å². The summed E-state index contributed by atoms with van der Waals surface area (Å²) in [4.78, 5) is 26.4. The summed E-state index contributed by atoms with van der Waals surface area (Å²) in [6, 6.07) is 0. The van der Waals surface area contributed by atoms with Crippen molar-refractivity contribution in [3.63, 3.8) is 0 Å². The molecule has 0 amide bonds. The first-order chi connectivity index (χ1) is 15.7. The van der Waals surface area contributed by atoms with E-state index in [0.29, 0.717) is 0 Å². The minimum Gasteiger partial charge on any atom is -0.302 e. The molecule has 0 aromatic heterocycles. The molecule has 9 heteroatoms. The Morgan fingerprint density at radius 2 is 0.971 bits per heavy atom. The van der Waals surface area contributed by atoms with Gasteiger partial charge in [-0.3, -0.25) is 4.52 Å². The van der Waals surface area contributed by atoms with Crippen molar-refractivity contribution in [3.8, 4) is 0 Å². The van der Waals surface area contributed by atoms with Crippen LogP contribution in [0.2, 0.25) is 0 Å². The first kappa shape index (κ1) is 33.0. The topological polar surface area (TPSA) is 113 Å². The smallest absolute Gasteiger partial charge is 0.302 e. The lowest BCUT2D eigenvalue weighted by Gasteiger charge is -2.11. The average Bonchev–Trinajstić information content (AvgIpc) is 2.65. The summed E-state index contributed by atoms with van der Waals surface area (Å²) in [6.07, 6.45) is 18.8. The van der Waals surface area contributed by atoms with E-state index in [1.807, 2.05) is 6.92 Å². The Labute approximate surface area is 206 Å². The highest BCUT2D eigenvalue weighted by atomic mass is 31.3. The lowest BCUT2D eigenvalue weighted by Crippen LogP contribution is -1.94. The van der Waals surface area contributed by atoms with E-state index in [4.69, 9.17) is 9.79 Å². The highest BCUT2D eigenvalue weighted by Gasteiger charge is 2.31. The second kappa shape index (κ2) is 17.4. The van der Waals surface area contributed by atoms with E-state index in [1.165, 1.54) is 22.3 Å². The number of rotatable bonds is 17. The highest BCUT2D eigenvalue weighted by Crippen LogP contribution is 2.57. The maximum absolute atomic E-state index is 11.4. The van der Waals surface area contributed by atoms with Gasteiger partial charge in [0.25, 0.3) is 0 Å². The molecule has 196 valence electrons. The van der Waals surface area contributed by atoms with Gasteiger partial charge in [-0.05, 0) is 92.9 Å². The van der Waals surface area contributed by atoms with E-state index < -0.39 is 15.6 Å².